The zero-order chi connectivity index (χ0) is 17.4. The maximum absolute atomic E-state index is 10.2. The summed E-state index contributed by atoms with van der Waals surface area (Å²) in [5.41, 5.74) is 4.71. The maximum atomic E-state index is 10.2. The van der Waals surface area contributed by atoms with Crippen molar-refractivity contribution >= 4 is 0 Å². The Morgan fingerprint density at radius 3 is 2.29 bits per heavy atom. The summed E-state index contributed by atoms with van der Waals surface area (Å²) in [6, 6.07) is 15.8. The lowest BCUT2D eigenvalue weighted by Gasteiger charge is -2.11. The van der Waals surface area contributed by atoms with Crippen LogP contribution in [0.15, 0.2) is 72.0 Å². The fourth-order valence-corrected chi connectivity index (χ4v) is 2.41. The Morgan fingerprint density at radius 2 is 1.62 bits per heavy atom. The molecular weight excluding hydrogens is 304 g/mol. The Hall–Kier alpha value is -2.36. The lowest BCUT2D eigenvalue weighted by atomic mass is 10.0. The van der Waals surface area contributed by atoms with Crippen LogP contribution in [0.3, 0.4) is 0 Å². The average molecular weight is 326 g/mol. The fraction of sp³-hybridized carbons (Fsp3) is 0.250. The van der Waals surface area contributed by atoms with Crippen LogP contribution < -0.4 is 0 Å². The highest BCUT2D eigenvalue weighted by Crippen LogP contribution is 2.26. The van der Waals surface area contributed by atoms with Crippen LogP contribution in [0.2, 0.25) is 0 Å². The number of benzene rings is 2. The Bertz CT molecular complexity index is 703. The van der Waals surface area contributed by atoms with Gasteiger partial charge in [0.1, 0.15) is 5.75 Å². The van der Waals surface area contributed by atoms with E-state index in [1.807, 2.05) is 30.3 Å². The third-order valence-corrected chi connectivity index (χ3v) is 3.76. The van der Waals surface area contributed by atoms with Crippen molar-refractivity contribution in [2.75, 3.05) is 6.61 Å². The molecule has 126 valence electrons. The van der Waals surface area contributed by atoms with Gasteiger partial charge in [0.25, 0.3) is 0 Å². The summed E-state index contributed by atoms with van der Waals surface area (Å²) in [7, 11) is 0. The summed E-state index contributed by atoms with van der Waals surface area (Å²) in [4.78, 5) is 0. The molecule has 2 atom stereocenters. The van der Waals surface area contributed by atoms with Crippen LogP contribution in [-0.2, 0) is 0 Å². The number of aromatic hydroxyl groups is 1. The third kappa shape index (κ3) is 5.08. The van der Waals surface area contributed by atoms with E-state index in [1.165, 1.54) is 6.07 Å². The van der Waals surface area contributed by atoms with E-state index in [0.29, 0.717) is 11.1 Å². The molecule has 0 saturated heterocycles. The lowest BCUT2D eigenvalue weighted by molar-refractivity contribution is 0.172. The van der Waals surface area contributed by atoms with E-state index in [2.05, 4.69) is 5.73 Å². The number of rotatable bonds is 7. The molecule has 2 rings (SSSR count). The van der Waals surface area contributed by atoms with Crippen LogP contribution in [0.4, 0.5) is 0 Å². The highest BCUT2D eigenvalue weighted by molar-refractivity contribution is 5.33. The van der Waals surface area contributed by atoms with Gasteiger partial charge in [-0.05, 0) is 23.3 Å². The minimum atomic E-state index is -0.849. The topological polar surface area (TPSA) is 80.9 Å². The normalized spacial score (nSPS) is 13.0. The molecule has 0 bridgehead atoms. The molecule has 4 nitrogen and oxygen atoms in total. The van der Waals surface area contributed by atoms with Gasteiger partial charge in [-0.25, -0.2) is 0 Å². The van der Waals surface area contributed by atoms with Crippen LogP contribution in [0.1, 0.15) is 36.2 Å². The van der Waals surface area contributed by atoms with E-state index < -0.39 is 12.2 Å². The Labute approximate surface area is 141 Å². The molecule has 0 spiro atoms. The molecule has 0 unspecified atom stereocenters. The van der Waals surface area contributed by atoms with E-state index in [1.54, 1.807) is 24.3 Å². The van der Waals surface area contributed by atoms with E-state index in [0.717, 1.165) is 5.56 Å². The van der Waals surface area contributed by atoms with Crippen molar-refractivity contribution in [2.45, 2.75) is 25.0 Å². The van der Waals surface area contributed by atoms with Crippen molar-refractivity contribution in [3.63, 3.8) is 0 Å². The molecule has 0 fully saturated rings. The second kappa shape index (κ2) is 9.06. The molecule has 0 amide bonds. The Kier molecular flexibility index (Phi) is 6.79. The molecule has 0 heterocycles. The van der Waals surface area contributed by atoms with Gasteiger partial charge < -0.3 is 20.4 Å². The van der Waals surface area contributed by atoms with Gasteiger partial charge in [0.15, 0.2) is 0 Å². The summed E-state index contributed by atoms with van der Waals surface area (Å²) in [6.07, 6.45) is 0.571. The van der Waals surface area contributed by atoms with Crippen LogP contribution in [0.25, 0.3) is 0 Å². The summed E-state index contributed by atoms with van der Waals surface area (Å²) in [5, 5.41) is 39.4. The van der Waals surface area contributed by atoms with Crippen molar-refractivity contribution in [1.29, 1.82) is 0 Å². The molecular formula is C20H22O4. The summed E-state index contributed by atoms with van der Waals surface area (Å²) in [6.45, 7) is -0.215. The lowest BCUT2D eigenvalue weighted by Crippen LogP contribution is -2.01. The predicted molar refractivity (Wildman–Crippen MR) is 92.4 cm³/mol. The highest BCUT2D eigenvalue weighted by atomic mass is 16.3. The van der Waals surface area contributed by atoms with Gasteiger partial charge in [-0.15, -0.1) is 5.73 Å². The van der Waals surface area contributed by atoms with E-state index in [4.69, 9.17) is 0 Å². The molecule has 0 aliphatic heterocycles. The van der Waals surface area contributed by atoms with Gasteiger partial charge in [-0.3, -0.25) is 0 Å². The molecule has 0 aliphatic rings. The van der Waals surface area contributed by atoms with Crippen molar-refractivity contribution in [2.24, 2.45) is 0 Å². The molecule has 4 N–H and O–H groups in total. The van der Waals surface area contributed by atoms with Gasteiger partial charge in [0, 0.05) is 18.4 Å². The third-order valence-electron chi connectivity index (χ3n) is 3.76. The SMILES string of the molecule is OCC(=C=CC[C@@H](O)c1ccccc1O)C[C@@H](O)c1ccccc1. The molecule has 0 radical (unpaired) electrons. The van der Waals surface area contributed by atoms with E-state index in [9.17, 15) is 20.4 Å². The number of phenols is 1. The number of phenolic OH excluding ortho intramolecular Hbond substituents is 1. The number of hydrogen-bond acceptors (Lipinski definition) is 4. The van der Waals surface area contributed by atoms with Crippen molar-refractivity contribution in [3.8, 4) is 5.75 Å². The molecule has 2 aromatic rings. The first-order chi connectivity index (χ1) is 11.6. The second-order valence-corrected chi connectivity index (χ2v) is 5.55. The molecule has 0 aromatic heterocycles. The zero-order valence-corrected chi connectivity index (χ0v) is 13.3. The smallest absolute Gasteiger partial charge is 0.121 e. The largest absolute Gasteiger partial charge is 0.508 e. The first-order valence-electron chi connectivity index (χ1n) is 7.84. The standard InChI is InChI=1S/C20H22O4/c21-14-15(13-20(24)16-8-2-1-3-9-16)7-6-12-19(23)17-10-4-5-11-18(17)22/h1-6,8-11,19-24H,12-14H2/t7?,19-,20-/m1/s1. The quantitative estimate of drug-likeness (QED) is 0.590. The van der Waals surface area contributed by atoms with Gasteiger partial charge in [-0.1, -0.05) is 48.5 Å². The van der Waals surface area contributed by atoms with Gasteiger partial charge >= 0.3 is 0 Å². The maximum Gasteiger partial charge on any atom is 0.121 e. The molecule has 0 saturated carbocycles. The number of para-hydroxylation sites is 1. The van der Waals surface area contributed by atoms with Crippen molar-refractivity contribution < 1.29 is 20.4 Å². The van der Waals surface area contributed by atoms with Crippen molar-refractivity contribution in [3.05, 3.63) is 83.1 Å². The molecule has 24 heavy (non-hydrogen) atoms. The Morgan fingerprint density at radius 1 is 0.958 bits per heavy atom. The minimum absolute atomic E-state index is 0.0456. The number of aliphatic hydroxyl groups excluding tert-OH is 3. The van der Waals surface area contributed by atoms with Crippen LogP contribution in [-0.4, -0.2) is 27.0 Å². The van der Waals surface area contributed by atoms with Gasteiger partial charge in [0.2, 0.25) is 0 Å². The number of aliphatic hydroxyl groups is 3. The fourth-order valence-electron chi connectivity index (χ4n) is 2.41. The first-order valence-corrected chi connectivity index (χ1v) is 7.84. The minimum Gasteiger partial charge on any atom is -0.508 e. The summed E-state index contributed by atoms with van der Waals surface area (Å²) < 4.78 is 0. The zero-order valence-electron chi connectivity index (χ0n) is 13.3. The second-order valence-electron chi connectivity index (χ2n) is 5.55. The molecule has 4 heteroatoms. The molecule has 2 aromatic carbocycles. The van der Waals surface area contributed by atoms with Crippen molar-refractivity contribution in [1.82, 2.24) is 0 Å². The monoisotopic (exact) mass is 326 g/mol. The summed E-state index contributed by atoms with van der Waals surface area (Å²) >= 11 is 0. The van der Waals surface area contributed by atoms with Crippen LogP contribution in [0.5, 0.6) is 5.75 Å². The van der Waals surface area contributed by atoms with E-state index in [-0.39, 0.29) is 25.2 Å². The van der Waals surface area contributed by atoms with Gasteiger partial charge in [-0.2, -0.15) is 0 Å². The highest BCUT2D eigenvalue weighted by Gasteiger charge is 2.11. The first kappa shape index (κ1) is 18.0. The van der Waals surface area contributed by atoms with Crippen LogP contribution >= 0.6 is 0 Å². The van der Waals surface area contributed by atoms with E-state index >= 15 is 0 Å². The predicted octanol–water partition coefficient (Wildman–Crippen LogP) is 3.01. The Balaban J connectivity index is 2.01. The average Bonchev–Trinajstić information content (AvgIpc) is 2.61. The number of hydrogen-bond donors (Lipinski definition) is 4. The van der Waals surface area contributed by atoms with Gasteiger partial charge in [0.05, 0.1) is 18.8 Å². The summed E-state index contributed by atoms with van der Waals surface area (Å²) in [5.74, 6) is 0.0456. The van der Waals surface area contributed by atoms with Crippen LogP contribution in [0, 0.1) is 0 Å². The molecule has 0 aliphatic carbocycles.